The first-order valence-corrected chi connectivity index (χ1v) is 5.67. The monoisotopic (exact) mass is 235 g/mol. The van der Waals surface area contributed by atoms with E-state index in [9.17, 15) is 0 Å². The van der Waals surface area contributed by atoms with Crippen molar-refractivity contribution in [1.82, 2.24) is 14.9 Å². The third kappa shape index (κ3) is 3.13. The average molecular weight is 235 g/mol. The van der Waals surface area contributed by atoms with Gasteiger partial charge < -0.3 is 15.4 Å². The zero-order valence-corrected chi connectivity index (χ0v) is 9.89. The van der Waals surface area contributed by atoms with E-state index in [1.807, 2.05) is 0 Å². The average Bonchev–Trinajstić information content (AvgIpc) is 3.13. The van der Waals surface area contributed by atoms with Crippen molar-refractivity contribution >= 4 is 5.84 Å². The summed E-state index contributed by atoms with van der Waals surface area (Å²) in [6, 6.07) is 0.715. The Balaban J connectivity index is 1.87. The molecule has 6 nitrogen and oxygen atoms in total. The first-order valence-electron chi connectivity index (χ1n) is 5.67. The standard InChI is InChI=1S/C11H17N5O/c1-16(8-2-3-8)6-7-17-11-9(10(12)13)14-4-5-15-11/h4-5,8H,2-3,6-7H2,1H3,(H3,12,13). The molecule has 3 N–H and O–H groups in total. The van der Waals surface area contributed by atoms with Gasteiger partial charge in [-0.2, -0.15) is 0 Å². The van der Waals surface area contributed by atoms with E-state index in [1.54, 1.807) is 0 Å². The van der Waals surface area contributed by atoms with Gasteiger partial charge in [-0.3, -0.25) is 5.41 Å². The fourth-order valence-electron chi connectivity index (χ4n) is 1.60. The first-order chi connectivity index (χ1) is 8.18. The zero-order valence-electron chi connectivity index (χ0n) is 9.89. The number of nitrogen functional groups attached to an aromatic ring is 1. The van der Waals surface area contributed by atoms with Crippen molar-refractivity contribution in [2.24, 2.45) is 5.73 Å². The fraction of sp³-hybridized carbons (Fsp3) is 0.545. The number of ether oxygens (including phenoxy) is 1. The predicted octanol–water partition coefficient (Wildman–Crippen LogP) is 0.234. The number of hydrogen-bond donors (Lipinski definition) is 2. The summed E-state index contributed by atoms with van der Waals surface area (Å²) in [6.45, 7) is 1.38. The van der Waals surface area contributed by atoms with Crippen molar-refractivity contribution in [3.63, 3.8) is 0 Å². The maximum atomic E-state index is 7.36. The number of nitrogens with two attached hydrogens (primary N) is 1. The summed E-state index contributed by atoms with van der Waals surface area (Å²) in [6.07, 6.45) is 5.59. The van der Waals surface area contributed by atoms with Crippen LogP contribution in [0, 0.1) is 5.41 Å². The second-order valence-corrected chi connectivity index (χ2v) is 4.18. The Bertz CT molecular complexity index is 405. The van der Waals surface area contributed by atoms with Gasteiger partial charge in [0.1, 0.15) is 12.4 Å². The van der Waals surface area contributed by atoms with Crippen LogP contribution in [0.25, 0.3) is 0 Å². The van der Waals surface area contributed by atoms with E-state index in [-0.39, 0.29) is 5.84 Å². The molecule has 92 valence electrons. The molecule has 1 aromatic heterocycles. The van der Waals surface area contributed by atoms with Gasteiger partial charge in [0.05, 0.1) is 0 Å². The van der Waals surface area contributed by atoms with Gasteiger partial charge in [0.15, 0.2) is 5.69 Å². The molecule has 0 saturated heterocycles. The lowest BCUT2D eigenvalue weighted by Gasteiger charge is -2.15. The molecule has 1 aliphatic carbocycles. The lowest BCUT2D eigenvalue weighted by Crippen LogP contribution is -2.27. The minimum atomic E-state index is -0.122. The highest BCUT2D eigenvalue weighted by Gasteiger charge is 2.25. The van der Waals surface area contributed by atoms with E-state index in [4.69, 9.17) is 15.9 Å². The SMILES string of the molecule is CN(CCOc1nccnc1C(=N)N)C1CC1. The number of rotatable bonds is 6. The minimum Gasteiger partial charge on any atom is -0.475 e. The van der Waals surface area contributed by atoms with Crippen LogP contribution >= 0.6 is 0 Å². The second kappa shape index (κ2) is 5.09. The summed E-state index contributed by atoms with van der Waals surface area (Å²) in [7, 11) is 2.09. The molecule has 0 unspecified atom stereocenters. The fourth-order valence-corrected chi connectivity index (χ4v) is 1.60. The van der Waals surface area contributed by atoms with E-state index in [0.717, 1.165) is 6.54 Å². The topological polar surface area (TPSA) is 88.1 Å². The summed E-state index contributed by atoms with van der Waals surface area (Å²) in [4.78, 5) is 10.3. The van der Waals surface area contributed by atoms with Crippen molar-refractivity contribution in [3.05, 3.63) is 18.1 Å². The molecule has 0 radical (unpaired) electrons. The van der Waals surface area contributed by atoms with Crippen LogP contribution in [-0.4, -0.2) is 46.9 Å². The van der Waals surface area contributed by atoms with Gasteiger partial charge in [-0.25, -0.2) is 9.97 Å². The van der Waals surface area contributed by atoms with Crippen molar-refractivity contribution in [2.75, 3.05) is 20.2 Å². The van der Waals surface area contributed by atoms with Gasteiger partial charge in [0, 0.05) is 25.0 Å². The van der Waals surface area contributed by atoms with Crippen LogP contribution in [0.2, 0.25) is 0 Å². The lowest BCUT2D eigenvalue weighted by atomic mass is 10.4. The van der Waals surface area contributed by atoms with Crippen LogP contribution in [0.4, 0.5) is 0 Å². The molecular weight excluding hydrogens is 218 g/mol. The summed E-state index contributed by atoms with van der Waals surface area (Å²) >= 11 is 0. The van der Waals surface area contributed by atoms with Crippen LogP contribution in [0.5, 0.6) is 5.88 Å². The van der Waals surface area contributed by atoms with Gasteiger partial charge in [0.2, 0.25) is 5.88 Å². The molecule has 1 aromatic rings. The summed E-state index contributed by atoms with van der Waals surface area (Å²) in [5, 5.41) is 7.36. The molecule has 0 bridgehead atoms. The van der Waals surface area contributed by atoms with E-state index < -0.39 is 0 Å². The van der Waals surface area contributed by atoms with Crippen molar-refractivity contribution in [1.29, 1.82) is 5.41 Å². The maximum absolute atomic E-state index is 7.36. The highest BCUT2D eigenvalue weighted by atomic mass is 16.5. The van der Waals surface area contributed by atoms with Gasteiger partial charge in [-0.1, -0.05) is 0 Å². The molecule has 0 aromatic carbocycles. The van der Waals surface area contributed by atoms with E-state index in [1.165, 1.54) is 25.2 Å². The third-order valence-electron chi connectivity index (χ3n) is 2.77. The minimum absolute atomic E-state index is 0.122. The summed E-state index contributed by atoms with van der Waals surface area (Å²) in [5.74, 6) is 0.216. The van der Waals surface area contributed by atoms with Crippen LogP contribution in [0.15, 0.2) is 12.4 Å². The molecule has 0 atom stereocenters. The third-order valence-corrected chi connectivity index (χ3v) is 2.77. The first kappa shape index (κ1) is 11.8. The van der Waals surface area contributed by atoms with Crippen molar-refractivity contribution < 1.29 is 4.74 Å². The molecule has 0 amide bonds. The van der Waals surface area contributed by atoms with Gasteiger partial charge in [-0.05, 0) is 19.9 Å². The van der Waals surface area contributed by atoms with E-state index in [0.29, 0.717) is 24.2 Å². The number of nitrogens with zero attached hydrogens (tertiary/aromatic N) is 3. The maximum Gasteiger partial charge on any atom is 0.243 e. The van der Waals surface area contributed by atoms with Crippen LogP contribution in [0.3, 0.4) is 0 Å². The molecule has 1 saturated carbocycles. The Morgan fingerprint density at radius 1 is 1.53 bits per heavy atom. The van der Waals surface area contributed by atoms with Crippen molar-refractivity contribution in [3.8, 4) is 5.88 Å². The molecule has 1 fully saturated rings. The van der Waals surface area contributed by atoms with Gasteiger partial charge in [-0.15, -0.1) is 0 Å². The highest BCUT2D eigenvalue weighted by Crippen LogP contribution is 2.24. The Hall–Kier alpha value is -1.69. The number of nitrogens with one attached hydrogen (secondary N) is 1. The molecule has 17 heavy (non-hydrogen) atoms. The van der Waals surface area contributed by atoms with Crippen LogP contribution in [0.1, 0.15) is 18.5 Å². The summed E-state index contributed by atoms with van der Waals surface area (Å²) in [5.41, 5.74) is 5.70. The number of amidine groups is 1. The quantitative estimate of drug-likeness (QED) is 0.544. The molecule has 1 aliphatic rings. The number of aromatic nitrogens is 2. The molecule has 2 rings (SSSR count). The van der Waals surface area contributed by atoms with Crippen LogP contribution < -0.4 is 10.5 Å². The number of likely N-dealkylation sites (N-methyl/N-ethyl adjacent to an activating group) is 1. The Morgan fingerprint density at radius 3 is 2.88 bits per heavy atom. The number of hydrogen-bond acceptors (Lipinski definition) is 5. The Kier molecular flexibility index (Phi) is 3.53. The molecule has 1 heterocycles. The molecular formula is C11H17N5O. The smallest absolute Gasteiger partial charge is 0.243 e. The van der Waals surface area contributed by atoms with Crippen LogP contribution in [-0.2, 0) is 0 Å². The molecule has 0 spiro atoms. The molecule has 0 aliphatic heterocycles. The summed E-state index contributed by atoms with van der Waals surface area (Å²) < 4.78 is 5.51. The van der Waals surface area contributed by atoms with E-state index >= 15 is 0 Å². The van der Waals surface area contributed by atoms with Crippen molar-refractivity contribution in [2.45, 2.75) is 18.9 Å². The largest absolute Gasteiger partial charge is 0.475 e. The Labute approximate surface area is 100 Å². The highest BCUT2D eigenvalue weighted by molar-refractivity contribution is 5.94. The lowest BCUT2D eigenvalue weighted by molar-refractivity contribution is 0.225. The van der Waals surface area contributed by atoms with Gasteiger partial charge >= 0.3 is 0 Å². The second-order valence-electron chi connectivity index (χ2n) is 4.18. The zero-order chi connectivity index (χ0) is 12.3. The normalized spacial score (nSPS) is 14.9. The molecule has 6 heteroatoms. The van der Waals surface area contributed by atoms with Gasteiger partial charge in [0.25, 0.3) is 0 Å². The van der Waals surface area contributed by atoms with E-state index in [2.05, 4.69) is 21.9 Å². The Morgan fingerprint density at radius 2 is 2.24 bits per heavy atom. The predicted molar refractivity (Wildman–Crippen MR) is 64.2 cm³/mol.